The molecule has 1 atom stereocenters. The summed E-state index contributed by atoms with van der Waals surface area (Å²) in [5.41, 5.74) is 3.52. The largest absolute Gasteiger partial charge is 0.355 e. The Bertz CT molecular complexity index is 841. The number of benzene rings is 1. The summed E-state index contributed by atoms with van der Waals surface area (Å²) in [6, 6.07) is 10.6. The van der Waals surface area contributed by atoms with Gasteiger partial charge in [-0.25, -0.2) is 4.98 Å². The van der Waals surface area contributed by atoms with E-state index in [0.29, 0.717) is 17.6 Å². The van der Waals surface area contributed by atoms with E-state index in [1.54, 1.807) is 0 Å². The van der Waals surface area contributed by atoms with Crippen molar-refractivity contribution in [1.29, 1.82) is 5.26 Å². The Labute approximate surface area is 168 Å². The molecule has 1 fully saturated rings. The molecule has 0 aliphatic carbocycles. The second-order valence-electron chi connectivity index (χ2n) is 7.44. The van der Waals surface area contributed by atoms with E-state index >= 15 is 0 Å². The van der Waals surface area contributed by atoms with Gasteiger partial charge in [0.05, 0.1) is 11.6 Å². The first-order chi connectivity index (χ1) is 13.6. The Morgan fingerprint density at radius 3 is 2.82 bits per heavy atom. The van der Waals surface area contributed by atoms with Gasteiger partial charge in [-0.3, -0.25) is 0 Å². The van der Waals surface area contributed by atoms with E-state index in [0.717, 1.165) is 68.1 Å². The van der Waals surface area contributed by atoms with Crippen LogP contribution in [0.3, 0.4) is 0 Å². The van der Waals surface area contributed by atoms with Crippen LogP contribution in [0.2, 0.25) is 0 Å². The van der Waals surface area contributed by atoms with Gasteiger partial charge in [0.1, 0.15) is 5.82 Å². The Kier molecular flexibility index (Phi) is 6.83. The summed E-state index contributed by atoms with van der Waals surface area (Å²) >= 11 is 0. The molecule has 28 heavy (non-hydrogen) atoms. The zero-order valence-electron chi connectivity index (χ0n) is 17.1. The van der Waals surface area contributed by atoms with E-state index < -0.39 is 0 Å². The van der Waals surface area contributed by atoms with Crippen molar-refractivity contribution >= 4 is 17.5 Å². The van der Waals surface area contributed by atoms with E-state index in [-0.39, 0.29) is 0 Å². The monoisotopic (exact) mass is 378 g/mol. The number of aromatic nitrogens is 2. The first-order valence-electron chi connectivity index (χ1n) is 10.3. The van der Waals surface area contributed by atoms with Crippen molar-refractivity contribution in [3.05, 3.63) is 41.1 Å². The second-order valence-corrected chi connectivity index (χ2v) is 7.44. The van der Waals surface area contributed by atoms with Crippen molar-refractivity contribution in [3.63, 3.8) is 0 Å². The van der Waals surface area contributed by atoms with Gasteiger partial charge >= 0.3 is 0 Å². The van der Waals surface area contributed by atoms with Crippen LogP contribution in [0.4, 0.5) is 17.5 Å². The third-order valence-corrected chi connectivity index (χ3v) is 5.08. The third-order valence-electron chi connectivity index (χ3n) is 5.08. The van der Waals surface area contributed by atoms with Crippen molar-refractivity contribution in [2.75, 3.05) is 29.9 Å². The van der Waals surface area contributed by atoms with Crippen LogP contribution in [-0.4, -0.2) is 35.6 Å². The summed E-state index contributed by atoms with van der Waals surface area (Å²) in [7, 11) is 0. The van der Waals surface area contributed by atoms with Crippen molar-refractivity contribution in [3.8, 4) is 6.07 Å². The number of hydrogen-bond acceptors (Lipinski definition) is 6. The number of aryl methyl sites for hydroxylation is 2. The molecule has 2 aromatic rings. The fraction of sp³-hybridized carbons (Fsp3) is 0.500. The molecule has 1 aromatic heterocycles. The number of rotatable bonds is 8. The number of nitrogens with one attached hydrogen (secondary N) is 2. The van der Waals surface area contributed by atoms with Gasteiger partial charge in [0.25, 0.3) is 0 Å². The van der Waals surface area contributed by atoms with E-state index in [2.05, 4.69) is 46.5 Å². The lowest BCUT2D eigenvalue weighted by molar-refractivity contribution is 0.549. The molecule has 6 heteroatoms. The summed E-state index contributed by atoms with van der Waals surface area (Å²) < 4.78 is 0. The number of nitrogens with zero attached hydrogens (tertiary/aromatic N) is 4. The van der Waals surface area contributed by atoms with Gasteiger partial charge in [0.2, 0.25) is 5.95 Å². The van der Waals surface area contributed by atoms with Gasteiger partial charge in [-0.1, -0.05) is 26.3 Å². The van der Waals surface area contributed by atoms with Crippen molar-refractivity contribution in [1.82, 2.24) is 15.3 Å². The molecule has 3 rings (SSSR count). The highest BCUT2D eigenvalue weighted by molar-refractivity contribution is 5.59. The molecular formula is C22H30N6. The molecule has 0 spiro atoms. The van der Waals surface area contributed by atoms with Crippen LogP contribution in [0.1, 0.15) is 49.9 Å². The highest BCUT2D eigenvalue weighted by Gasteiger charge is 2.23. The molecule has 0 bridgehead atoms. The number of nitriles is 1. The first-order valence-corrected chi connectivity index (χ1v) is 10.3. The van der Waals surface area contributed by atoms with Gasteiger partial charge < -0.3 is 15.5 Å². The maximum atomic E-state index is 9.28. The molecule has 0 amide bonds. The molecular weight excluding hydrogens is 348 g/mol. The molecule has 0 saturated carbocycles. The minimum atomic E-state index is 0.524. The zero-order valence-corrected chi connectivity index (χ0v) is 17.1. The molecule has 148 valence electrons. The molecule has 1 saturated heterocycles. The van der Waals surface area contributed by atoms with Crippen molar-refractivity contribution in [2.45, 2.75) is 52.5 Å². The molecule has 6 nitrogen and oxygen atoms in total. The number of anilines is 3. The standard InChI is InChI=1S/C22H30N6/c1-4-6-18-13-21(28-11-9-20(15-28)24-10-5-2)27-22(25-18)26-19-8-7-16(3)17(12-19)14-23/h7-8,12-13,20,24H,4-6,9-11,15H2,1-3H3,(H,25,26,27)/t20-/m0/s1. The van der Waals surface area contributed by atoms with Crippen LogP contribution < -0.4 is 15.5 Å². The van der Waals surface area contributed by atoms with Crippen LogP contribution in [0.15, 0.2) is 24.3 Å². The summed E-state index contributed by atoms with van der Waals surface area (Å²) in [5, 5.41) is 16.2. The summed E-state index contributed by atoms with van der Waals surface area (Å²) in [6.07, 6.45) is 4.26. The third kappa shape index (κ3) is 4.99. The Hall–Kier alpha value is -2.65. The van der Waals surface area contributed by atoms with Crippen LogP contribution in [0.5, 0.6) is 0 Å². The first kappa shape index (κ1) is 20.1. The van der Waals surface area contributed by atoms with Gasteiger partial charge in [0.15, 0.2) is 0 Å². The normalized spacial score (nSPS) is 16.2. The van der Waals surface area contributed by atoms with Gasteiger partial charge in [-0.2, -0.15) is 10.2 Å². The van der Waals surface area contributed by atoms with Gasteiger partial charge in [-0.05, 0) is 50.4 Å². The molecule has 1 aliphatic heterocycles. The number of hydrogen-bond donors (Lipinski definition) is 2. The van der Waals surface area contributed by atoms with E-state index in [1.807, 2.05) is 25.1 Å². The molecule has 1 aromatic carbocycles. The summed E-state index contributed by atoms with van der Waals surface area (Å²) in [5.74, 6) is 1.58. The lowest BCUT2D eigenvalue weighted by atomic mass is 10.1. The van der Waals surface area contributed by atoms with Gasteiger partial charge in [-0.15, -0.1) is 0 Å². The van der Waals surface area contributed by atoms with E-state index in [9.17, 15) is 5.26 Å². The Balaban J connectivity index is 1.81. The molecule has 0 unspecified atom stereocenters. The highest BCUT2D eigenvalue weighted by atomic mass is 15.3. The quantitative estimate of drug-likeness (QED) is 0.725. The minimum absolute atomic E-state index is 0.524. The summed E-state index contributed by atoms with van der Waals surface area (Å²) in [4.78, 5) is 11.8. The van der Waals surface area contributed by atoms with Crippen LogP contribution >= 0.6 is 0 Å². The SMILES string of the molecule is CCCN[C@H]1CCN(c2cc(CCC)nc(Nc3ccc(C)c(C#N)c3)n2)C1. The highest BCUT2D eigenvalue weighted by Crippen LogP contribution is 2.24. The van der Waals surface area contributed by atoms with Crippen molar-refractivity contribution < 1.29 is 0 Å². The lowest BCUT2D eigenvalue weighted by Crippen LogP contribution is -2.33. The Morgan fingerprint density at radius 2 is 2.07 bits per heavy atom. The van der Waals surface area contributed by atoms with Crippen molar-refractivity contribution in [2.24, 2.45) is 0 Å². The summed E-state index contributed by atoms with van der Waals surface area (Å²) in [6.45, 7) is 9.34. The molecule has 0 radical (unpaired) electrons. The van der Waals surface area contributed by atoms with Gasteiger partial charge in [0, 0.05) is 36.6 Å². The smallest absolute Gasteiger partial charge is 0.229 e. The maximum absolute atomic E-state index is 9.28. The Morgan fingerprint density at radius 1 is 1.21 bits per heavy atom. The van der Waals surface area contributed by atoms with E-state index in [4.69, 9.17) is 4.98 Å². The lowest BCUT2D eigenvalue weighted by Gasteiger charge is -2.20. The molecule has 2 heterocycles. The predicted octanol–water partition coefficient (Wildman–Crippen LogP) is 3.93. The average Bonchev–Trinajstić information content (AvgIpc) is 3.17. The predicted molar refractivity (Wildman–Crippen MR) is 114 cm³/mol. The molecule has 2 N–H and O–H groups in total. The molecule has 1 aliphatic rings. The van der Waals surface area contributed by atoms with Crippen LogP contribution in [-0.2, 0) is 6.42 Å². The van der Waals surface area contributed by atoms with Crippen LogP contribution in [0.25, 0.3) is 0 Å². The van der Waals surface area contributed by atoms with Crippen LogP contribution in [0, 0.1) is 18.3 Å². The zero-order chi connectivity index (χ0) is 19.9. The fourth-order valence-electron chi connectivity index (χ4n) is 3.52. The minimum Gasteiger partial charge on any atom is -0.355 e. The second kappa shape index (κ2) is 9.52. The van der Waals surface area contributed by atoms with E-state index in [1.165, 1.54) is 0 Å². The maximum Gasteiger partial charge on any atom is 0.229 e. The topological polar surface area (TPSA) is 76.9 Å². The average molecular weight is 379 g/mol. The fourth-order valence-corrected chi connectivity index (χ4v) is 3.52.